The van der Waals surface area contributed by atoms with Crippen molar-refractivity contribution in [3.63, 3.8) is 0 Å². The molecular weight excluding hydrogens is 176 g/mol. The lowest BCUT2D eigenvalue weighted by atomic mass is 10.0. The van der Waals surface area contributed by atoms with Crippen LogP contribution in [0.2, 0.25) is 0 Å². The van der Waals surface area contributed by atoms with Gasteiger partial charge in [-0.05, 0) is 30.5 Å². The first-order valence-electron chi connectivity index (χ1n) is 4.98. The smallest absolute Gasteiger partial charge is 0.335 e. The molecule has 0 bridgehead atoms. The molecule has 0 unspecified atom stereocenters. The number of aryl methyl sites for hydroxylation is 2. The zero-order valence-corrected chi connectivity index (χ0v) is 9.29. The summed E-state index contributed by atoms with van der Waals surface area (Å²) in [5, 5.41) is 8.73. The van der Waals surface area contributed by atoms with Gasteiger partial charge in [-0.2, -0.15) is 0 Å². The third-order valence-corrected chi connectivity index (χ3v) is 1.93. The van der Waals surface area contributed by atoms with Gasteiger partial charge in [0.05, 0.1) is 5.56 Å². The molecule has 78 valence electrons. The third kappa shape index (κ3) is 3.21. The Morgan fingerprint density at radius 2 is 1.93 bits per heavy atom. The van der Waals surface area contributed by atoms with Crippen LogP contribution in [-0.2, 0) is 6.42 Å². The summed E-state index contributed by atoms with van der Waals surface area (Å²) in [5.74, 6) is -0.852. The number of carboxylic acid groups (broad SMARTS) is 1. The van der Waals surface area contributed by atoms with E-state index in [1.807, 2.05) is 32.9 Å². The summed E-state index contributed by atoms with van der Waals surface area (Å²) in [6.07, 6.45) is 0.945. The Kier molecular flexibility index (Phi) is 5.61. The maximum Gasteiger partial charge on any atom is 0.335 e. The van der Waals surface area contributed by atoms with Crippen LogP contribution in [0.3, 0.4) is 0 Å². The SMILES string of the molecule is CC.CCc1ccc(C(=O)O)c(C)c1. The Bertz CT molecular complexity index is 303. The molecule has 0 saturated carbocycles. The molecule has 0 saturated heterocycles. The Balaban J connectivity index is 0.000000791. The van der Waals surface area contributed by atoms with Crippen LogP contribution >= 0.6 is 0 Å². The standard InChI is InChI=1S/C10H12O2.C2H6/c1-3-8-4-5-9(10(11)12)7(2)6-8;1-2/h4-6H,3H2,1-2H3,(H,11,12);1-2H3. The molecule has 0 amide bonds. The van der Waals surface area contributed by atoms with Gasteiger partial charge in [0.25, 0.3) is 0 Å². The molecule has 2 nitrogen and oxygen atoms in total. The summed E-state index contributed by atoms with van der Waals surface area (Å²) in [6, 6.07) is 5.44. The predicted octanol–water partition coefficient (Wildman–Crippen LogP) is 3.28. The topological polar surface area (TPSA) is 37.3 Å². The third-order valence-electron chi connectivity index (χ3n) is 1.93. The zero-order chi connectivity index (χ0) is 11.1. The molecule has 1 aromatic rings. The highest BCUT2D eigenvalue weighted by molar-refractivity contribution is 5.89. The van der Waals surface area contributed by atoms with Crippen molar-refractivity contribution in [3.8, 4) is 0 Å². The fraction of sp³-hybridized carbons (Fsp3) is 0.417. The second kappa shape index (κ2) is 6.19. The molecule has 0 heterocycles. The number of hydrogen-bond acceptors (Lipinski definition) is 1. The van der Waals surface area contributed by atoms with E-state index in [1.54, 1.807) is 6.07 Å². The van der Waals surface area contributed by atoms with Gasteiger partial charge in [0.1, 0.15) is 0 Å². The first kappa shape index (κ1) is 12.7. The number of carbonyl (C=O) groups is 1. The number of aromatic carboxylic acids is 1. The largest absolute Gasteiger partial charge is 0.478 e. The second-order valence-corrected chi connectivity index (χ2v) is 2.81. The number of benzene rings is 1. The highest BCUT2D eigenvalue weighted by Crippen LogP contribution is 2.11. The molecule has 0 aliphatic rings. The minimum Gasteiger partial charge on any atom is -0.478 e. The zero-order valence-electron chi connectivity index (χ0n) is 9.29. The fourth-order valence-electron chi connectivity index (χ4n) is 1.19. The lowest BCUT2D eigenvalue weighted by Gasteiger charge is -2.02. The first-order chi connectivity index (χ1) is 6.65. The van der Waals surface area contributed by atoms with Crippen LogP contribution in [-0.4, -0.2) is 11.1 Å². The van der Waals surface area contributed by atoms with Crippen molar-refractivity contribution in [2.24, 2.45) is 0 Å². The predicted molar refractivity (Wildman–Crippen MR) is 58.9 cm³/mol. The molecule has 1 rings (SSSR count). The van der Waals surface area contributed by atoms with Gasteiger partial charge in [0.2, 0.25) is 0 Å². The van der Waals surface area contributed by atoms with E-state index >= 15 is 0 Å². The molecule has 0 atom stereocenters. The van der Waals surface area contributed by atoms with E-state index in [1.165, 1.54) is 5.56 Å². The van der Waals surface area contributed by atoms with Crippen molar-refractivity contribution >= 4 is 5.97 Å². The van der Waals surface area contributed by atoms with Crippen molar-refractivity contribution in [2.45, 2.75) is 34.1 Å². The molecule has 1 N–H and O–H groups in total. The Labute approximate surface area is 85.6 Å². The van der Waals surface area contributed by atoms with Crippen LogP contribution in [0, 0.1) is 6.92 Å². The van der Waals surface area contributed by atoms with Crippen LogP contribution in [0.5, 0.6) is 0 Å². The van der Waals surface area contributed by atoms with E-state index in [4.69, 9.17) is 5.11 Å². The molecule has 0 spiro atoms. The van der Waals surface area contributed by atoms with Crippen LogP contribution in [0.4, 0.5) is 0 Å². The molecule has 0 aliphatic heterocycles. The normalized spacial score (nSPS) is 8.86. The van der Waals surface area contributed by atoms with Gasteiger partial charge >= 0.3 is 5.97 Å². The summed E-state index contributed by atoms with van der Waals surface area (Å²) in [4.78, 5) is 10.6. The van der Waals surface area contributed by atoms with Gasteiger partial charge < -0.3 is 5.11 Å². The Morgan fingerprint density at radius 1 is 1.36 bits per heavy atom. The van der Waals surface area contributed by atoms with Crippen LogP contribution in [0.15, 0.2) is 18.2 Å². The van der Waals surface area contributed by atoms with E-state index in [0.717, 1.165) is 12.0 Å². The first-order valence-corrected chi connectivity index (χ1v) is 4.98. The van der Waals surface area contributed by atoms with Gasteiger partial charge in [-0.3, -0.25) is 0 Å². The summed E-state index contributed by atoms with van der Waals surface area (Å²) >= 11 is 0. The van der Waals surface area contributed by atoms with Gasteiger partial charge in [0.15, 0.2) is 0 Å². The van der Waals surface area contributed by atoms with E-state index in [0.29, 0.717) is 5.56 Å². The summed E-state index contributed by atoms with van der Waals surface area (Å²) < 4.78 is 0. The van der Waals surface area contributed by atoms with Crippen molar-refractivity contribution in [2.75, 3.05) is 0 Å². The monoisotopic (exact) mass is 194 g/mol. The van der Waals surface area contributed by atoms with Crippen LogP contribution < -0.4 is 0 Å². The average Bonchev–Trinajstić information content (AvgIpc) is 2.20. The van der Waals surface area contributed by atoms with Gasteiger partial charge in [-0.25, -0.2) is 4.79 Å². The van der Waals surface area contributed by atoms with E-state index in [2.05, 4.69) is 6.92 Å². The van der Waals surface area contributed by atoms with Gasteiger partial charge in [-0.1, -0.05) is 32.9 Å². The van der Waals surface area contributed by atoms with E-state index in [9.17, 15) is 4.79 Å². The van der Waals surface area contributed by atoms with Crippen molar-refractivity contribution in [1.82, 2.24) is 0 Å². The summed E-state index contributed by atoms with van der Waals surface area (Å²) in [7, 11) is 0. The lowest BCUT2D eigenvalue weighted by molar-refractivity contribution is 0.0696. The van der Waals surface area contributed by atoms with Crippen molar-refractivity contribution < 1.29 is 9.90 Å². The maximum absolute atomic E-state index is 10.6. The van der Waals surface area contributed by atoms with Gasteiger partial charge in [0, 0.05) is 0 Å². The average molecular weight is 194 g/mol. The lowest BCUT2D eigenvalue weighted by Crippen LogP contribution is -1.99. The minimum atomic E-state index is -0.852. The van der Waals surface area contributed by atoms with Crippen molar-refractivity contribution in [3.05, 3.63) is 34.9 Å². The van der Waals surface area contributed by atoms with Crippen LogP contribution in [0.1, 0.15) is 42.3 Å². The summed E-state index contributed by atoms with van der Waals surface area (Å²) in [6.45, 7) is 7.87. The highest BCUT2D eigenvalue weighted by atomic mass is 16.4. The van der Waals surface area contributed by atoms with E-state index < -0.39 is 5.97 Å². The summed E-state index contributed by atoms with van der Waals surface area (Å²) in [5.41, 5.74) is 2.41. The second-order valence-electron chi connectivity index (χ2n) is 2.81. The number of rotatable bonds is 2. The van der Waals surface area contributed by atoms with Crippen molar-refractivity contribution in [1.29, 1.82) is 0 Å². The molecule has 2 heteroatoms. The molecule has 0 aliphatic carbocycles. The molecule has 1 aromatic carbocycles. The minimum absolute atomic E-state index is 0.396. The highest BCUT2D eigenvalue weighted by Gasteiger charge is 2.05. The molecule has 14 heavy (non-hydrogen) atoms. The fourth-order valence-corrected chi connectivity index (χ4v) is 1.19. The molecule has 0 fully saturated rings. The quantitative estimate of drug-likeness (QED) is 0.784. The number of hydrogen-bond donors (Lipinski definition) is 1. The molecular formula is C12H18O2. The molecule has 0 aromatic heterocycles. The van der Waals surface area contributed by atoms with Crippen LogP contribution in [0.25, 0.3) is 0 Å². The molecule has 0 radical (unpaired) electrons. The van der Waals surface area contributed by atoms with E-state index in [-0.39, 0.29) is 0 Å². The van der Waals surface area contributed by atoms with Gasteiger partial charge in [-0.15, -0.1) is 0 Å². The Morgan fingerprint density at radius 3 is 2.29 bits per heavy atom. The Hall–Kier alpha value is -1.31. The number of carboxylic acids is 1. The maximum atomic E-state index is 10.6.